The summed E-state index contributed by atoms with van der Waals surface area (Å²) in [7, 11) is 0. The van der Waals surface area contributed by atoms with Crippen molar-refractivity contribution in [3.63, 3.8) is 0 Å². The SMILES string of the molecule is CCCCC[C@@H](O)/C=C/[C@H]1OC(=O)C[C@H](O)[C@@H]1C/C=C\CCCC(=O)O. The number of aliphatic carboxylic acids is 1. The molecule has 0 unspecified atom stereocenters. The third kappa shape index (κ3) is 9.15. The predicted octanol–water partition coefficient (Wildman–Crippen LogP) is 2.98. The fourth-order valence-electron chi connectivity index (χ4n) is 2.98. The number of hydrogen-bond donors (Lipinski definition) is 3. The van der Waals surface area contributed by atoms with Crippen LogP contribution in [0.1, 0.15) is 64.7 Å². The number of allylic oxidation sites excluding steroid dienone is 2. The standard InChI is InChI=1S/C20H32O6/c1-2-3-6-9-15(21)12-13-18-16(17(22)14-20(25)26-18)10-7-4-5-8-11-19(23)24/h4,7,12-13,15-18,21-22H,2-3,5-6,8-11,14H2,1H3,(H,23,24)/b7-4-,13-12+/t15-,16+,17+,18-/m1/s1. The molecule has 4 atom stereocenters. The average Bonchev–Trinajstić information content (AvgIpc) is 2.57. The molecule has 1 aliphatic heterocycles. The number of unbranched alkanes of at least 4 members (excludes halogenated alkanes) is 3. The smallest absolute Gasteiger partial charge is 0.309 e. The van der Waals surface area contributed by atoms with Gasteiger partial charge >= 0.3 is 11.9 Å². The molecule has 0 saturated carbocycles. The van der Waals surface area contributed by atoms with Crippen LogP contribution >= 0.6 is 0 Å². The number of carbonyl (C=O) groups is 2. The van der Waals surface area contributed by atoms with Crippen LogP contribution in [0.5, 0.6) is 0 Å². The Balaban J connectivity index is 2.54. The molecule has 0 bridgehead atoms. The van der Waals surface area contributed by atoms with E-state index < -0.39 is 30.3 Å². The summed E-state index contributed by atoms with van der Waals surface area (Å²) < 4.78 is 5.35. The Kier molecular flexibility index (Phi) is 10.9. The monoisotopic (exact) mass is 368 g/mol. The van der Waals surface area contributed by atoms with Gasteiger partial charge in [0.05, 0.1) is 18.6 Å². The van der Waals surface area contributed by atoms with Gasteiger partial charge in [0.2, 0.25) is 0 Å². The van der Waals surface area contributed by atoms with Crippen molar-refractivity contribution in [2.24, 2.45) is 5.92 Å². The minimum atomic E-state index is -0.810. The molecular weight excluding hydrogens is 336 g/mol. The van der Waals surface area contributed by atoms with Gasteiger partial charge in [-0.3, -0.25) is 9.59 Å². The Labute approximate surface area is 155 Å². The van der Waals surface area contributed by atoms with Crippen molar-refractivity contribution < 1.29 is 29.6 Å². The molecule has 0 aromatic rings. The molecule has 0 aromatic carbocycles. The molecule has 1 saturated heterocycles. The second kappa shape index (κ2) is 12.7. The highest BCUT2D eigenvalue weighted by Gasteiger charge is 2.35. The van der Waals surface area contributed by atoms with Crippen LogP contribution in [0, 0.1) is 5.92 Å². The Morgan fingerprint density at radius 1 is 1.31 bits per heavy atom. The highest BCUT2D eigenvalue weighted by Crippen LogP contribution is 2.27. The number of ether oxygens (including phenoxy) is 1. The van der Waals surface area contributed by atoms with Gasteiger partial charge in [-0.1, -0.05) is 44.4 Å². The first-order valence-electron chi connectivity index (χ1n) is 9.54. The summed E-state index contributed by atoms with van der Waals surface area (Å²) in [6.45, 7) is 2.10. The molecule has 0 radical (unpaired) electrons. The first-order chi connectivity index (χ1) is 12.4. The molecule has 6 heteroatoms. The van der Waals surface area contributed by atoms with Crippen LogP contribution in [0.3, 0.4) is 0 Å². The molecule has 0 amide bonds. The van der Waals surface area contributed by atoms with Gasteiger partial charge < -0.3 is 20.1 Å². The zero-order valence-corrected chi connectivity index (χ0v) is 15.5. The van der Waals surface area contributed by atoms with Crippen molar-refractivity contribution in [2.75, 3.05) is 0 Å². The number of esters is 1. The minimum Gasteiger partial charge on any atom is -0.481 e. The van der Waals surface area contributed by atoms with E-state index in [9.17, 15) is 19.8 Å². The highest BCUT2D eigenvalue weighted by molar-refractivity contribution is 5.71. The lowest BCUT2D eigenvalue weighted by atomic mass is 9.87. The van der Waals surface area contributed by atoms with Crippen molar-refractivity contribution >= 4 is 11.9 Å². The van der Waals surface area contributed by atoms with E-state index in [2.05, 4.69) is 6.92 Å². The number of carbonyl (C=O) groups excluding carboxylic acids is 1. The lowest BCUT2D eigenvalue weighted by molar-refractivity contribution is -0.163. The van der Waals surface area contributed by atoms with E-state index in [1.807, 2.05) is 12.2 Å². The molecule has 6 nitrogen and oxygen atoms in total. The number of aliphatic hydroxyl groups excluding tert-OH is 2. The second-order valence-electron chi connectivity index (χ2n) is 6.83. The van der Waals surface area contributed by atoms with E-state index in [-0.39, 0.29) is 18.8 Å². The molecule has 26 heavy (non-hydrogen) atoms. The zero-order chi connectivity index (χ0) is 19.4. The van der Waals surface area contributed by atoms with Crippen LogP contribution in [-0.4, -0.2) is 45.6 Å². The molecule has 1 aliphatic rings. The summed E-state index contributed by atoms with van der Waals surface area (Å²) >= 11 is 0. The lowest BCUT2D eigenvalue weighted by Crippen LogP contribution is -2.41. The topological polar surface area (TPSA) is 104 Å². The molecule has 1 heterocycles. The second-order valence-corrected chi connectivity index (χ2v) is 6.83. The highest BCUT2D eigenvalue weighted by atomic mass is 16.5. The molecule has 0 spiro atoms. The van der Waals surface area contributed by atoms with Crippen LogP contribution in [0.25, 0.3) is 0 Å². The first kappa shape index (κ1) is 22.4. The summed E-state index contributed by atoms with van der Waals surface area (Å²) in [5.41, 5.74) is 0. The number of hydrogen-bond acceptors (Lipinski definition) is 5. The third-order valence-electron chi connectivity index (χ3n) is 4.52. The Bertz CT molecular complexity index is 485. The van der Waals surface area contributed by atoms with E-state index in [4.69, 9.17) is 9.84 Å². The van der Waals surface area contributed by atoms with Gasteiger partial charge in [0.25, 0.3) is 0 Å². The van der Waals surface area contributed by atoms with Gasteiger partial charge in [0, 0.05) is 12.3 Å². The zero-order valence-electron chi connectivity index (χ0n) is 15.5. The van der Waals surface area contributed by atoms with Gasteiger partial charge in [-0.15, -0.1) is 0 Å². The van der Waals surface area contributed by atoms with Gasteiger partial charge in [-0.05, 0) is 31.8 Å². The van der Waals surface area contributed by atoms with E-state index in [0.717, 1.165) is 19.3 Å². The van der Waals surface area contributed by atoms with Gasteiger partial charge in [0.15, 0.2) is 0 Å². The summed E-state index contributed by atoms with van der Waals surface area (Å²) in [6.07, 6.45) is 10.8. The Morgan fingerprint density at radius 2 is 2.08 bits per heavy atom. The van der Waals surface area contributed by atoms with Crippen LogP contribution in [0.15, 0.2) is 24.3 Å². The molecule has 148 valence electrons. The number of cyclic esters (lactones) is 1. The molecule has 1 fully saturated rings. The average molecular weight is 368 g/mol. The van der Waals surface area contributed by atoms with Crippen molar-refractivity contribution in [1.82, 2.24) is 0 Å². The number of carboxylic acids is 1. The quantitative estimate of drug-likeness (QED) is 0.278. The molecule has 0 aliphatic carbocycles. The lowest BCUT2D eigenvalue weighted by Gasteiger charge is -2.32. The molecule has 3 N–H and O–H groups in total. The maximum atomic E-state index is 11.6. The molecular formula is C20H32O6. The van der Waals surface area contributed by atoms with E-state index >= 15 is 0 Å². The normalized spacial score (nSPS) is 24.9. The van der Waals surface area contributed by atoms with Crippen LogP contribution in [0.4, 0.5) is 0 Å². The fraction of sp³-hybridized carbons (Fsp3) is 0.700. The van der Waals surface area contributed by atoms with Crippen molar-refractivity contribution in [3.05, 3.63) is 24.3 Å². The molecule has 1 rings (SSSR count). The van der Waals surface area contributed by atoms with Crippen LogP contribution < -0.4 is 0 Å². The summed E-state index contributed by atoms with van der Waals surface area (Å²) in [6, 6.07) is 0. The van der Waals surface area contributed by atoms with E-state index in [0.29, 0.717) is 25.7 Å². The fourth-order valence-corrected chi connectivity index (χ4v) is 2.98. The van der Waals surface area contributed by atoms with Crippen molar-refractivity contribution in [1.29, 1.82) is 0 Å². The van der Waals surface area contributed by atoms with Crippen molar-refractivity contribution in [3.8, 4) is 0 Å². The third-order valence-corrected chi connectivity index (χ3v) is 4.52. The van der Waals surface area contributed by atoms with E-state index in [1.165, 1.54) is 0 Å². The van der Waals surface area contributed by atoms with Gasteiger partial charge in [-0.2, -0.15) is 0 Å². The molecule has 0 aromatic heterocycles. The summed E-state index contributed by atoms with van der Waals surface area (Å²) in [5, 5.41) is 28.8. The minimum absolute atomic E-state index is 0.0269. The van der Waals surface area contributed by atoms with E-state index in [1.54, 1.807) is 12.2 Å². The number of carboxylic acid groups (broad SMARTS) is 1. The van der Waals surface area contributed by atoms with Crippen LogP contribution in [-0.2, 0) is 14.3 Å². The summed E-state index contributed by atoms with van der Waals surface area (Å²) in [5.74, 6) is -1.51. The Morgan fingerprint density at radius 3 is 2.77 bits per heavy atom. The predicted molar refractivity (Wildman–Crippen MR) is 98.5 cm³/mol. The first-order valence-corrected chi connectivity index (χ1v) is 9.54. The van der Waals surface area contributed by atoms with Crippen molar-refractivity contribution in [2.45, 2.75) is 83.0 Å². The van der Waals surface area contributed by atoms with Gasteiger partial charge in [-0.25, -0.2) is 0 Å². The van der Waals surface area contributed by atoms with Gasteiger partial charge in [0.1, 0.15) is 6.10 Å². The van der Waals surface area contributed by atoms with Crippen LogP contribution in [0.2, 0.25) is 0 Å². The summed E-state index contributed by atoms with van der Waals surface area (Å²) in [4.78, 5) is 22.1. The number of aliphatic hydroxyl groups is 2. The maximum Gasteiger partial charge on any atom is 0.309 e. The Hall–Kier alpha value is -1.66. The number of rotatable bonds is 12. The largest absolute Gasteiger partial charge is 0.481 e. The maximum absolute atomic E-state index is 11.6.